The zero-order valence-corrected chi connectivity index (χ0v) is 17.5. The molecule has 1 amide bonds. The van der Waals surface area contributed by atoms with Gasteiger partial charge in [-0.15, -0.1) is 0 Å². The Morgan fingerprint density at radius 2 is 1.76 bits per heavy atom. The van der Waals surface area contributed by atoms with Gasteiger partial charge in [-0.25, -0.2) is 9.18 Å². The minimum absolute atomic E-state index is 0.144. The van der Waals surface area contributed by atoms with Crippen LogP contribution < -0.4 is 10.3 Å². The molecule has 1 aliphatic heterocycles. The SMILES string of the molecule is Cc1cc(=O)c2cc(F)c(N3CCN(C(=O)OC(C)(C)C)CC3)cc2n1C1CC1. The summed E-state index contributed by atoms with van der Waals surface area (Å²) in [5, 5.41) is 0.427. The molecule has 2 aliphatic rings. The molecular formula is C22H28FN3O3. The number of fused-ring (bicyclic) bond motifs is 1. The number of hydrogen-bond donors (Lipinski definition) is 0. The maximum absolute atomic E-state index is 14.9. The second-order valence-corrected chi connectivity index (χ2v) is 9.03. The third-order valence-corrected chi connectivity index (χ3v) is 5.49. The van der Waals surface area contributed by atoms with E-state index in [1.54, 1.807) is 17.0 Å². The molecule has 0 N–H and O–H groups in total. The first kappa shape index (κ1) is 19.7. The van der Waals surface area contributed by atoms with Gasteiger partial charge in [0.15, 0.2) is 5.43 Å². The number of anilines is 1. The number of hydrogen-bond acceptors (Lipinski definition) is 4. The first-order valence-corrected chi connectivity index (χ1v) is 10.2. The highest BCUT2D eigenvalue weighted by Gasteiger charge is 2.29. The smallest absolute Gasteiger partial charge is 0.410 e. The zero-order chi connectivity index (χ0) is 20.9. The number of halogens is 1. The molecule has 2 aromatic rings. The summed E-state index contributed by atoms with van der Waals surface area (Å²) in [6.45, 7) is 9.42. The number of ether oxygens (including phenoxy) is 1. The molecule has 7 heteroatoms. The molecule has 29 heavy (non-hydrogen) atoms. The third-order valence-electron chi connectivity index (χ3n) is 5.49. The Morgan fingerprint density at radius 3 is 2.34 bits per heavy atom. The van der Waals surface area contributed by atoms with Crippen LogP contribution >= 0.6 is 0 Å². The summed E-state index contributed by atoms with van der Waals surface area (Å²) in [6, 6.07) is 5.16. The lowest BCUT2D eigenvalue weighted by molar-refractivity contribution is 0.0240. The van der Waals surface area contributed by atoms with Gasteiger partial charge in [-0.2, -0.15) is 0 Å². The largest absolute Gasteiger partial charge is 0.444 e. The number of pyridine rings is 1. The zero-order valence-electron chi connectivity index (χ0n) is 17.5. The van der Waals surface area contributed by atoms with Crippen LogP contribution in [-0.2, 0) is 4.74 Å². The fourth-order valence-electron chi connectivity index (χ4n) is 3.99. The second-order valence-electron chi connectivity index (χ2n) is 9.03. The molecule has 0 radical (unpaired) electrons. The highest BCUT2D eigenvalue weighted by atomic mass is 19.1. The minimum atomic E-state index is -0.539. The molecule has 0 unspecified atom stereocenters. The molecule has 1 aromatic heterocycles. The Morgan fingerprint density at radius 1 is 1.10 bits per heavy atom. The van der Waals surface area contributed by atoms with E-state index in [1.165, 1.54) is 6.07 Å². The summed E-state index contributed by atoms with van der Waals surface area (Å²) < 4.78 is 22.5. The second kappa shape index (κ2) is 7.04. The van der Waals surface area contributed by atoms with Gasteiger partial charge in [0.1, 0.15) is 11.4 Å². The fourth-order valence-corrected chi connectivity index (χ4v) is 3.99. The van der Waals surface area contributed by atoms with Gasteiger partial charge in [0, 0.05) is 49.4 Å². The van der Waals surface area contributed by atoms with E-state index in [1.807, 2.05) is 32.6 Å². The van der Waals surface area contributed by atoms with Crippen LogP contribution in [0.4, 0.5) is 14.9 Å². The fraction of sp³-hybridized carbons (Fsp3) is 0.545. The van der Waals surface area contributed by atoms with Gasteiger partial charge in [0.25, 0.3) is 0 Å². The van der Waals surface area contributed by atoms with E-state index >= 15 is 0 Å². The van der Waals surface area contributed by atoms with E-state index in [0.29, 0.717) is 43.3 Å². The molecule has 1 saturated carbocycles. The lowest BCUT2D eigenvalue weighted by Gasteiger charge is -2.37. The number of rotatable bonds is 2. The predicted molar refractivity (Wildman–Crippen MR) is 111 cm³/mol. The number of carbonyl (C=O) groups is 1. The van der Waals surface area contributed by atoms with Crippen molar-refractivity contribution >= 4 is 22.7 Å². The first-order valence-electron chi connectivity index (χ1n) is 10.2. The van der Waals surface area contributed by atoms with Crippen molar-refractivity contribution in [2.24, 2.45) is 0 Å². The minimum Gasteiger partial charge on any atom is -0.444 e. The molecule has 2 heterocycles. The van der Waals surface area contributed by atoms with Gasteiger partial charge in [0.2, 0.25) is 0 Å². The van der Waals surface area contributed by atoms with E-state index in [0.717, 1.165) is 24.1 Å². The topological polar surface area (TPSA) is 54.8 Å². The van der Waals surface area contributed by atoms with Crippen molar-refractivity contribution in [3.05, 3.63) is 39.9 Å². The van der Waals surface area contributed by atoms with Gasteiger partial charge in [0.05, 0.1) is 11.2 Å². The van der Waals surface area contributed by atoms with Crippen molar-refractivity contribution in [3.8, 4) is 0 Å². The number of nitrogens with zero attached hydrogens (tertiary/aromatic N) is 3. The van der Waals surface area contributed by atoms with Crippen molar-refractivity contribution in [3.63, 3.8) is 0 Å². The summed E-state index contributed by atoms with van der Waals surface area (Å²) in [5.74, 6) is -0.397. The van der Waals surface area contributed by atoms with Crippen LogP contribution in [-0.4, -0.2) is 47.3 Å². The Bertz CT molecular complexity index is 1010. The van der Waals surface area contributed by atoms with Crippen LogP contribution in [0.5, 0.6) is 0 Å². The van der Waals surface area contributed by atoms with Gasteiger partial charge in [-0.3, -0.25) is 4.79 Å². The lowest BCUT2D eigenvalue weighted by atomic mass is 10.1. The summed E-state index contributed by atoms with van der Waals surface area (Å²) in [7, 11) is 0. The van der Waals surface area contributed by atoms with Gasteiger partial charge in [-0.1, -0.05) is 0 Å². The summed E-state index contributed by atoms with van der Waals surface area (Å²) >= 11 is 0. The first-order chi connectivity index (χ1) is 13.6. The number of aryl methyl sites for hydroxylation is 1. The maximum Gasteiger partial charge on any atom is 0.410 e. The van der Waals surface area contributed by atoms with Crippen LogP contribution in [0.2, 0.25) is 0 Å². The quantitative estimate of drug-likeness (QED) is 0.767. The monoisotopic (exact) mass is 401 g/mol. The highest BCUT2D eigenvalue weighted by Crippen LogP contribution is 2.39. The van der Waals surface area contributed by atoms with E-state index in [-0.39, 0.29) is 11.5 Å². The van der Waals surface area contributed by atoms with E-state index in [4.69, 9.17) is 4.74 Å². The molecule has 1 aliphatic carbocycles. The molecule has 1 aromatic carbocycles. The Hall–Kier alpha value is -2.57. The van der Waals surface area contributed by atoms with Crippen molar-refractivity contribution in [2.75, 3.05) is 31.1 Å². The standard InChI is InChI=1S/C22H28FN3O3/c1-14-11-20(27)16-12-17(23)19(13-18(16)26(14)15-5-6-15)24-7-9-25(10-8-24)21(28)29-22(2,3)4/h11-13,15H,5-10H2,1-4H3. The molecule has 6 nitrogen and oxygen atoms in total. The van der Waals surface area contributed by atoms with Crippen molar-refractivity contribution in [1.29, 1.82) is 0 Å². The van der Waals surface area contributed by atoms with Crippen LogP contribution in [0.15, 0.2) is 23.0 Å². The number of carbonyl (C=O) groups excluding carboxylic acids is 1. The van der Waals surface area contributed by atoms with Gasteiger partial charge >= 0.3 is 6.09 Å². The number of piperazine rings is 1. The summed E-state index contributed by atoms with van der Waals surface area (Å²) in [6.07, 6.45) is 1.83. The van der Waals surface area contributed by atoms with E-state index in [9.17, 15) is 14.0 Å². The number of benzene rings is 1. The molecule has 0 bridgehead atoms. The Balaban J connectivity index is 1.60. The average molecular weight is 401 g/mol. The van der Waals surface area contributed by atoms with Crippen molar-refractivity contribution < 1.29 is 13.9 Å². The van der Waals surface area contributed by atoms with E-state index in [2.05, 4.69) is 4.57 Å². The molecule has 2 fully saturated rings. The normalized spacial score (nSPS) is 17.7. The molecular weight excluding hydrogens is 373 g/mol. The van der Waals surface area contributed by atoms with Crippen LogP contribution in [0.1, 0.15) is 45.3 Å². The highest BCUT2D eigenvalue weighted by molar-refractivity contribution is 5.84. The number of amides is 1. The van der Waals surface area contributed by atoms with Crippen molar-refractivity contribution in [1.82, 2.24) is 9.47 Å². The molecule has 4 rings (SSSR count). The summed E-state index contributed by atoms with van der Waals surface area (Å²) in [4.78, 5) is 28.3. The molecule has 1 saturated heterocycles. The lowest BCUT2D eigenvalue weighted by Crippen LogP contribution is -2.50. The van der Waals surface area contributed by atoms with Crippen LogP contribution in [0, 0.1) is 12.7 Å². The average Bonchev–Trinajstić information content (AvgIpc) is 3.45. The van der Waals surface area contributed by atoms with Gasteiger partial charge in [-0.05, 0) is 52.7 Å². The Kier molecular flexibility index (Phi) is 4.79. The maximum atomic E-state index is 14.9. The number of aromatic nitrogens is 1. The molecule has 156 valence electrons. The predicted octanol–water partition coefficient (Wildman–Crippen LogP) is 3.84. The Labute approximate surface area is 169 Å². The summed E-state index contributed by atoms with van der Waals surface area (Å²) in [5.41, 5.74) is 1.51. The van der Waals surface area contributed by atoms with Gasteiger partial charge < -0.3 is 19.1 Å². The third kappa shape index (κ3) is 3.95. The molecule has 0 atom stereocenters. The van der Waals surface area contributed by atoms with Crippen LogP contribution in [0.25, 0.3) is 10.9 Å². The van der Waals surface area contributed by atoms with E-state index < -0.39 is 11.4 Å². The van der Waals surface area contributed by atoms with Crippen LogP contribution in [0.3, 0.4) is 0 Å². The molecule has 0 spiro atoms. The van der Waals surface area contributed by atoms with Crippen molar-refractivity contribution in [2.45, 2.75) is 52.2 Å².